The molecule has 0 bridgehead atoms. The highest BCUT2D eigenvalue weighted by Gasteiger charge is 2.44. The van der Waals surface area contributed by atoms with Gasteiger partial charge in [-0.1, -0.05) is 24.3 Å². The lowest BCUT2D eigenvalue weighted by atomic mass is 9.95. The molecule has 0 aliphatic carbocycles. The number of alkyl halides is 1. The van der Waals surface area contributed by atoms with Gasteiger partial charge < -0.3 is 9.26 Å². The SMILES string of the molecule is COc1ccc(P(=O)(OCCF)N2Cc3ccccc3C[C@@H]2C(=O)NO)cc1. The summed E-state index contributed by atoms with van der Waals surface area (Å²) in [4.78, 5) is 12.4. The molecule has 0 saturated heterocycles. The van der Waals surface area contributed by atoms with E-state index in [4.69, 9.17) is 9.26 Å². The van der Waals surface area contributed by atoms with Gasteiger partial charge in [0.1, 0.15) is 18.5 Å². The zero-order valence-electron chi connectivity index (χ0n) is 15.4. The lowest BCUT2D eigenvalue weighted by Crippen LogP contribution is -2.49. The third-order valence-corrected chi connectivity index (χ3v) is 7.30. The number of nitrogens with zero attached hydrogens (tertiary/aromatic N) is 1. The number of nitrogens with one attached hydrogen (secondary N) is 1. The van der Waals surface area contributed by atoms with Crippen molar-refractivity contribution in [1.29, 1.82) is 0 Å². The molecule has 7 nitrogen and oxygen atoms in total. The molecule has 2 aromatic carbocycles. The molecule has 2 aromatic rings. The van der Waals surface area contributed by atoms with E-state index in [-0.39, 0.29) is 19.6 Å². The van der Waals surface area contributed by atoms with Crippen molar-refractivity contribution in [3.05, 3.63) is 59.7 Å². The summed E-state index contributed by atoms with van der Waals surface area (Å²) in [5.41, 5.74) is 3.45. The van der Waals surface area contributed by atoms with Crippen molar-refractivity contribution in [2.45, 2.75) is 19.0 Å². The van der Waals surface area contributed by atoms with Crippen molar-refractivity contribution in [3.63, 3.8) is 0 Å². The van der Waals surface area contributed by atoms with Crippen molar-refractivity contribution < 1.29 is 28.2 Å². The first-order valence-electron chi connectivity index (χ1n) is 8.76. The number of halogens is 1. The molecular formula is C19H22FN2O5P. The largest absolute Gasteiger partial charge is 0.497 e. The van der Waals surface area contributed by atoms with Crippen molar-refractivity contribution in [1.82, 2.24) is 10.2 Å². The third kappa shape index (κ3) is 3.95. The Hall–Kier alpha value is -2.25. The van der Waals surface area contributed by atoms with Gasteiger partial charge in [-0.05, 0) is 41.8 Å². The molecule has 1 aliphatic rings. The second-order valence-corrected chi connectivity index (χ2v) is 8.63. The zero-order chi connectivity index (χ0) is 20.1. The minimum absolute atomic E-state index is 0.157. The van der Waals surface area contributed by atoms with Gasteiger partial charge in [0.15, 0.2) is 0 Å². The fraction of sp³-hybridized carbons (Fsp3) is 0.316. The maximum absolute atomic E-state index is 14.0. The molecule has 0 aromatic heterocycles. The minimum Gasteiger partial charge on any atom is -0.497 e. The van der Waals surface area contributed by atoms with Crippen LogP contribution in [0.3, 0.4) is 0 Å². The van der Waals surface area contributed by atoms with E-state index >= 15 is 0 Å². The van der Waals surface area contributed by atoms with Gasteiger partial charge in [0.2, 0.25) is 0 Å². The molecule has 150 valence electrons. The second-order valence-electron chi connectivity index (χ2n) is 6.30. The van der Waals surface area contributed by atoms with E-state index in [2.05, 4.69) is 0 Å². The molecule has 1 amide bonds. The predicted molar refractivity (Wildman–Crippen MR) is 102 cm³/mol. The lowest BCUT2D eigenvalue weighted by Gasteiger charge is -2.39. The van der Waals surface area contributed by atoms with E-state index in [0.29, 0.717) is 11.1 Å². The number of methoxy groups -OCH3 is 1. The number of ether oxygens (including phenoxy) is 1. The zero-order valence-corrected chi connectivity index (χ0v) is 16.3. The molecule has 28 heavy (non-hydrogen) atoms. The highest BCUT2D eigenvalue weighted by molar-refractivity contribution is 7.64. The van der Waals surface area contributed by atoms with Crippen molar-refractivity contribution in [2.24, 2.45) is 0 Å². The molecular weight excluding hydrogens is 386 g/mol. The van der Waals surface area contributed by atoms with Gasteiger partial charge in [0.25, 0.3) is 5.91 Å². The van der Waals surface area contributed by atoms with E-state index in [1.165, 1.54) is 11.8 Å². The topological polar surface area (TPSA) is 88.1 Å². The van der Waals surface area contributed by atoms with Gasteiger partial charge in [0, 0.05) is 6.54 Å². The van der Waals surface area contributed by atoms with Crippen LogP contribution in [0.4, 0.5) is 4.39 Å². The normalized spacial score (nSPS) is 18.8. The Morgan fingerprint density at radius 1 is 1.25 bits per heavy atom. The second kappa shape index (κ2) is 8.84. The monoisotopic (exact) mass is 408 g/mol. The van der Waals surface area contributed by atoms with Gasteiger partial charge in [-0.3, -0.25) is 14.6 Å². The van der Waals surface area contributed by atoms with Crippen LogP contribution in [0.1, 0.15) is 11.1 Å². The number of benzene rings is 2. The Labute approximate surface area is 162 Å². The van der Waals surface area contributed by atoms with Gasteiger partial charge in [0.05, 0.1) is 19.0 Å². The average Bonchev–Trinajstić information content (AvgIpc) is 2.76. The first-order chi connectivity index (χ1) is 13.5. The number of carbonyl (C=O) groups excluding carboxylic acids is 1. The molecule has 2 atom stereocenters. The number of carbonyl (C=O) groups is 1. The summed E-state index contributed by atoms with van der Waals surface area (Å²) in [5, 5.41) is 9.52. The number of rotatable bonds is 7. The Kier molecular flexibility index (Phi) is 6.46. The quantitative estimate of drug-likeness (QED) is 0.416. The molecule has 0 radical (unpaired) electrons. The first-order valence-corrected chi connectivity index (χ1v) is 10.3. The Morgan fingerprint density at radius 2 is 1.93 bits per heavy atom. The first kappa shape index (κ1) is 20.5. The number of hydrogen-bond acceptors (Lipinski definition) is 5. The summed E-state index contributed by atoms with van der Waals surface area (Å²) < 4.78 is 39.0. The Bertz CT molecular complexity index is 877. The fourth-order valence-corrected chi connectivity index (χ4v) is 5.64. The predicted octanol–water partition coefficient (Wildman–Crippen LogP) is 2.43. The maximum atomic E-state index is 14.0. The Balaban J connectivity index is 2.07. The van der Waals surface area contributed by atoms with Crippen LogP contribution in [0.2, 0.25) is 0 Å². The van der Waals surface area contributed by atoms with Crippen LogP contribution < -0.4 is 15.5 Å². The minimum atomic E-state index is -3.81. The molecule has 0 fully saturated rings. The van der Waals surface area contributed by atoms with E-state index in [9.17, 15) is 19.0 Å². The number of fused-ring (bicyclic) bond motifs is 1. The number of amides is 1. The van der Waals surface area contributed by atoms with Gasteiger partial charge in [-0.25, -0.2) is 14.5 Å². The molecule has 1 aliphatic heterocycles. The highest BCUT2D eigenvalue weighted by Crippen LogP contribution is 2.53. The molecule has 1 heterocycles. The number of hydrogen-bond donors (Lipinski definition) is 2. The summed E-state index contributed by atoms with van der Waals surface area (Å²) in [6, 6.07) is 12.9. The van der Waals surface area contributed by atoms with E-state index in [1.54, 1.807) is 29.7 Å². The summed E-state index contributed by atoms with van der Waals surface area (Å²) in [7, 11) is -2.30. The molecule has 3 rings (SSSR count). The highest BCUT2D eigenvalue weighted by atomic mass is 31.2. The number of hydroxylamine groups is 1. The fourth-order valence-electron chi connectivity index (χ4n) is 3.31. The lowest BCUT2D eigenvalue weighted by molar-refractivity contribution is -0.133. The summed E-state index contributed by atoms with van der Waals surface area (Å²) in [6.07, 6.45) is 0.238. The van der Waals surface area contributed by atoms with Gasteiger partial charge in [-0.15, -0.1) is 0 Å². The standard InChI is InChI=1S/C19H22FN2O5P/c1-26-16-6-8-17(9-7-16)28(25,27-11-10-20)22-13-15-5-3-2-4-14(15)12-18(22)19(23)21-24/h2-9,18,24H,10-13H2,1H3,(H,21,23)/t18-,28?/m1/s1. The van der Waals surface area contributed by atoms with Crippen LogP contribution in [-0.4, -0.2) is 42.2 Å². The van der Waals surface area contributed by atoms with Crippen molar-refractivity contribution in [3.8, 4) is 5.75 Å². The van der Waals surface area contributed by atoms with E-state index in [1.807, 2.05) is 24.3 Å². The molecule has 0 saturated carbocycles. The van der Waals surface area contributed by atoms with Crippen LogP contribution >= 0.6 is 7.52 Å². The van der Waals surface area contributed by atoms with Crippen molar-refractivity contribution in [2.75, 3.05) is 20.4 Å². The summed E-state index contributed by atoms with van der Waals surface area (Å²) in [6.45, 7) is -1.04. The van der Waals surface area contributed by atoms with Crippen LogP contribution in [0.15, 0.2) is 48.5 Å². The smallest absolute Gasteiger partial charge is 0.303 e. The van der Waals surface area contributed by atoms with Crippen LogP contribution in [0, 0.1) is 0 Å². The average molecular weight is 408 g/mol. The van der Waals surface area contributed by atoms with Gasteiger partial charge >= 0.3 is 7.52 Å². The summed E-state index contributed by atoms with van der Waals surface area (Å²) in [5.74, 6) is -0.137. The van der Waals surface area contributed by atoms with E-state index in [0.717, 1.165) is 11.1 Å². The molecule has 0 spiro atoms. The molecule has 2 N–H and O–H groups in total. The van der Waals surface area contributed by atoms with Crippen LogP contribution in [0.25, 0.3) is 0 Å². The molecule has 9 heteroatoms. The van der Waals surface area contributed by atoms with Gasteiger partial charge in [-0.2, -0.15) is 0 Å². The Morgan fingerprint density at radius 3 is 2.54 bits per heavy atom. The van der Waals surface area contributed by atoms with Crippen LogP contribution in [0.5, 0.6) is 5.75 Å². The maximum Gasteiger partial charge on any atom is 0.303 e. The summed E-state index contributed by atoms with van der Waals surface area (Å²) >= 11 is 0. The van der Waals surface area contributed by atoms with Crippen molar-refractivity contribution >= 4 is 18.7 Å². The third-order valence-electron chi connectivity index (χ3n) is 4.72. The van der Waals surface area contributed by atoms with E-state index < -0.39 is 26.1 Å². The molecule has 1 unspecified atom stereocenters. The van der Waals surface area contributed by atoms with Crippen LogP contribution in [-0.2, 0) is 26.8 Å².